The van der Waals surface area contributed by atoms with Gasteiger partial charge in [0.1, 0.15) is 11.0 Å². The van der Waals surface area contributed by atoms with Crippen molar-refractivity contribution < 1.29 is 4.79 Å². The fourth-order valence-electron chi connectivity index (χ4n) is 3.11. The van der Waals surface area contributed by atoms with E-state index in [1.165, 1.54) is 17.7 Å². The number of pyridine rings is 1. The van der Waals surface area contributed by atoms with Gasteiger partial charge in [0.2, 0.25) is 5.91 Å². The third kappa shape index (κ3) is 3.02. The Kier molecular flexibility index (Phi) is 4.51. The van der Waals surface area contributed by atoms with Crippen molar-refractivity contribution in [2.75, 3.05) is 0 Å². The number of nitrogens with two attached hydrogens (primary N) is 1. The Labute approximate surface area is 162 Å². The van der Waals surface area contributed by atoms with E-state index in [9.17, 15) is 9.59 Å². The van der Waals surface area contributed by atoms with Crippen LogP contribution in [0.15, 0.2) is 47.1 Å². The van der Waals surface area contributed by atoms with E-state index in [2.05, 4.69) is 15.0 Å². The van der Waals surface area contributed by atoms with Crippen molar-refractivity contribution >= 4 is 39.9 Å². The molecule has 9 heteroatoms. The monoisotopic (exact) mass is 399 g/mol. The molecule has 136 valence electrons. The minimum absolute atomic E-state index is 0.0839. The van der Waals surface area contributed by atoms with E-state index in [4.69, 9.17) is 17.3 Å². The molecule has 4 heterocycles. The molecule has 0 saturated heterocycles. The number of aromatic nitrogens is 4. The normalized spacial score (nSPS) is 11.1. The van der Waals surface area contributed by atoms with Gasteiger partial charge in [-0.1, -0.05) is 17.7 Å². The molecule has 0 aromatic carbocycles. The first-order valence-electron chi connectivity index (χ1n) is 8.10. The van der Waals surface area contributed by atoms with Gasteiger partial charge in [0, 0.05) is 36.5 Å². The molecule has 0 aliphatic heterocycles. The molecule has 0 aliphatic carbocycles. The molecular weight excluding hydrogens is 386 g/mol. The number of aryl methyl sites for hydroxylation is 1. The molecule has 0 unspecified atom stereocenters. The molecule has 0 aliphatic rings. The number of nitrogens with one attached hydrogen (secondary N) is 1. The number of nitrogens with zero attached hydrogens (tertiary/aromatic N) is 3. The predicted octanol–water partition coefficient (Wildman–Crippen LogP) is 3.04. The number of hydrogen-bond acceptors (Lipinski definition) is 5. The summed E-state index contributed by atoms with van der Waals surface area (Å²) in [4.78, 5) is 36.0. The second-order valence-electron chi connectivity index (χ2n) is 5.86. The van der Waals surface area contributed by atoms with Gasteiger partial charge in [-0.25, -0.2) is 4.98 Å². The zero-order chi connectivity index (χ0) is 19.0. The lowest BCUT2D eigenvalue weighted by molar-refractivity contribution is -0.118. The number of fused-ring (bicyclic) bond motifs is 1. The Morgan fingerprint density at radius 2 is 2.22 bits per heavy atom. The number of aromatic amines is 1. The first-order valence-corrected chi connectivity index (χ1v) is 9.35. The molecule has 0 fully saturated rings. The lowest BCUT2D eigenvalue weighted by Gasteiger charge is -2.10. The van der Waals surface area contributed by atoms with Crippen molar-refractivity contribution in [1.82, 2.24) is 19.5 Å². The molecule has 4 rings (SSSR count). The van der Waals surface area contributed by atoms with Gasteiger partial charge in [0.15, 0.2) is 0 Å². The minimum atomic E-state index is -0.455. The average Bonchev–Trinajstić information content (AvgIpc) is 3.22. The number of amides is 1. The van der Waals surface area contributed by atoms with Crippen LogP contribution in [0, 0.1) is 0 Å². The minimum Gasteiger partial charge on any atom is -0.370 e. The summed E-state index contributed by atoms with van der Waals surface area (Å²) in [5, 5.41) is 2.43. The molecule has 0 spiro atoms. The number of primary amides is 1. The molecule has 3 N–H and O–H groups in total. The number of H-pyrrole nitrogens is 1. The van der Waals surface area contributed by atoms with Crippen LogP contribution in [0.3, 0.4) is 0 Å². The number of carbonyl (C=O) groups excluding carboxylic acids is 1. The molecular formula is C18H14ClN5O2S. The van der Waals surface area contributed by atoms with Crippen molar-refractivity contribution in [3.63, 3.8) is 0 Å². The van der Waals surface area contributed by atoms with Gasteiger partial charge in [0.25, 0.3) is 5.56 Å². The van der Waals surface area contributed by atoms with E-state index < -0.39 is 5.91 Å². The predicted molar refractivity (Wildman–Crippen MR) is 106 cm³/mol. The van der Waals surface area contributed by atoms with Gasteiger partial charge < -0.3 is 15.3 Å². The van der Waals surface area contributed by atoms with E-state index in [1.807, 2.05) is 17.5 Å². The van der Waals surface area contributed by atoms with Crippen molar-refractivity contribution in [3.05, 3.63) is 57.7 Å². The van der Waals surface area contributed by atoms with Crippen molar-refractivity contribution in [3.8, 4) is 21.7 Å². The molecule has 4 aromatic rings. The van der Waals surface area contributed by atoms with Crippen molar-refractivity contribution in [2.45, 2.75) is 13.0 Å². The molecule has 7 nitrogen and oxygen atoms in total. The smallest absolute Gasteiger partial charge is 0.275 e. The summed E-state index contributed by atoms with van der Waals surface area (Å²) in [6.45, 7) is 0.241. The number of halogens is 1. The Morgan fingerprint density at radius 1 is 1.37 bits per heavy atom. The molecule has 0 bridgehead atoms. The molecule has 0 radical (unpaired) electrons. The fourth-order valence-corrected chi connectivity index (χ4v) is 4.32. The van der Waals surface area contributed by atoms with Crippen LogP contribution in [0.2, 0.25) is 5.02 Å². The summed E-state index contributed by atoms with van der Waals surface area (Å²) in [5.41, 5.74) is 8.23. The number of carbonyl (C=O) groups is 1. The van der Waals surface area contributed by atoms with Crippen LogP contribution < -0.4 is 11.3 Å². The highest BCUT2D eigenvalue weighted by atomic mass is 35.5. The fraction of sp³-hybridized carbons (Fsp3) is 0.111. The van der Waals surface area contributed by atoms with Crippen LogP contribution in [0.4, 0.5) is 0 Å². The summed E-state index contributed by atoms with van der Waals surface area (Å²) in [6.07, 6.45) is 4.83. The summed E-state index contributed by atoms with van der Waals surface area (Å²) >= 11 is 7.87. The van der Waals surface area contributed by atoms with E-state index in [-0.39, 0.29) is 18.5 Å². The second kappa shape index (κ2) is 6.98. The van der Waals surface area contributed by atoms with Crippen LogP contribution in [0.5, 0.6) is 0 Å². The summed E-state index contributed by atoms with van der Waals surface area (Å²) in [6, 6.07) is 5.51. The highest BCUT2D eigenvalue weighted by Gasteiger charge is 2.25. The molecule has 0 saturated carbocycles. The van der Waals surface area contributed by atoms with E-state index in [0.29, 0.717) is 16.1 Å². The van der Waals surface area contributed by atoms with Crippen LogP contribution >= 0.6 is 22.9 Å². The van der Waals surface area contributed by atoms with Crippen LogP contribution in [-0.2, 0) is 11.3 Å². The standard InChI is InChI=1S/C18H14ClN5O2S/c19-11-4-7-27-17(11)15-13(10-2-1-5-21-8-10)14-16(18(26)23-9-22-14)24(15)6-3-12(20)25/h1-2,4-5,7-9H,3,6H2,(H2,20,25)(H,22,23,26). The molecule has 4 aromatic heterocycles. The van der Waals surface area contributed by atoms with Crippen LogP contribution in [0.25, 0.3) is 32.7 Å². The van der Waals surface area contributed by atoms with Crippen molar-refractivity contribution in [1.29, 1.82) is 0 Å². The third-order valence-corrected chi connectivity index (χ3v) is 5.55. The summed E-state index contributed by atoms with van der Waals surface area (Å²) < 4.78 is 1.77. The lowest BCUT2D eigenvalue weighted by atomic mass is 10.1. The van der Waals surface area contributed by atoms with Crippen molar-refractivity contribution in [2.24, 2.45) is 5.73 Å². The highest BCUT2D eigenvalue weighted by molar-refractivity contribution is 7.14. The third-order valence-electron chi connectivity index (χ3n) is 4.21. The lowest BCUT2D eigenvalue weighted by Crippen LogP contribution is -2.17. The average molecular weight is 400 g/mol. The topological polar surface area (TPSA) is 107 Å². The molecule has 1 amide bonds. The van der Waals surface area contributed by atoms with E-state index in [1.54, 1.807) is 23.0 Å². The first-order chi connectivity index (χ1) is 13.1. The quantitative estimate of drug-likeness (QED) is 0.537. The second-order valence-corrected chi connectivity index (χ2v) is 7.18. The zero-order valence-corrected chi connectivity index (χ0v) is 15.5. The van der Waals surface area contributed by atoms with Gasteiger partial charge >= 0.3 is 0 Å². The van der Waals surface area contributed by atoms with Crippen LogP contribution in [-0.4, -0.2) is 25.4 Å². The Balaban J connectivity index is 2.14. The zero-order valence-electron chi connectivity index (χ0n) is 14.0. The maximum atomic E-state index is 12.6. The largest absolute Gasteiger partial charge is 0.370 e. The van der Waals surface area contributed by atoms with Gasteiger partial charge in [0.05, 0.1) is 21.9 Å². The number of rotatable bonds is 5. The van der Waals surface area contributed by atoms with Gasteiger partial charge in [-0.2, -0.15) is 0 Å². The summed E-state index contributed by atoms with van der Waals surface area (Å²) in [5.74, 6) is -0.455. The van der Waals surface area contributed by atoms with Gasteiger partial charge in [-0.05, 0) is 17.5 Å². The maximum Gasteiger partial charge on any atom is 0.275 e. The Hall–Kier alpha value is -2.97. The first kappa shape index (κ1) is 17.4. The Bertz CT molecular complexity index is 1200. The van der Waals surface area contributed by atoms with E-state index in [0.717, 1.165) is 21.7 Å². The summed E-state index contributed by atoms with van der Waals surface area (Å²) in [7, 11) is 0. The molecule has 27 heavy (non-hydrogen) atoms. The number of hydrogen-bond donors (Lipinski definition) is 2. The van der Waals surface area contributed by atoms with Gasteiger partial charge in [-0.3, -0.25) is 14.6 Å². The molecule has 0 atom stereocenters. The Morgan fingerprint density at radius 3 is 2.89 bits per heavy atom. The highest BCUT2D eigenvalue weighted by Crippen LogP contribution is 2.43. The van der Waals surface area contributed by atoms with E-state index >= 15 is 0 Å². The number of thiophene rings is 1. The SMILES string of the molecule is NC(=O)CCn1c(-c2sccc2Cl)c(-c2cccnc2)c2nc[nH]c(=O)c21. The maximum absolute atomic E-state index is 12.6. The van der Waals surface area contributed by atoms with Crippen LogP contribution in [0.1, 0.15) is 6.42 Å². The van der Waals surface area contributed by atoms with Gasteiger partial charge in [-0.15, -0.1) is 11.3 Å².